The highest BCUT2D eigenvalue weighted by molar-refractivity contribution is 7.97. The Labute approximate surface area is 176 Å². The predicted molar refractivity (Wildman–Crippen MR) is 96.2 cm³/mol. The first-order chi connectivity index (χ1) is 14.5. The van der Waals surface area contributed by atoms with E-state index in [1.54, 1.807) is 0 Å². The van der Waals surface area contributed by atoms with Gasteiger partial charge in [-0.3, -0.25) is 5.21 Å². The van der Waals surface area contributed by atoms with Crippen LogP contribution in [0.15, 0.2) is 55.3 Å². The Kier molecular flexibility index (Phi) is 5.58. The molecule has 0 aliphatic carbocycles. The third-order valence-electron chi connectivity index (χ3n) is 4.20. The van der Waals surface area contributed by atoms with Gasteiger partial charge in [0.15, 0.2) is 9.84 Å². The van der Waals surface area contributed by atoms with Crippen molar-refractivity contribution in [3.8, 4) is 0 Å². The molecule has 0 amide bonds. The monoisotopic (exact) mass is 507 g/mol. The number of rotatable bonds is 3. The summed E-state index contributed by atoms with van der Waals surface area (Å²) in [7, 11) is -10.2. The van der Waals surface area contributed by atoms with Gasteiger partial charge in [-0.2, -0.15) is 26.3 Å². The van der Waals surface area contributed by atoms with E-state index >= 15 is 0 Å². The summed E-state index contributed by atoms with van der Waals surface area (Å²) in [5.41, 5.74) is -8.53. The number of hydrogen-bond donors (Lipinski definition) is 1. The van der Waals surface area contributed by atoms with E-state index in [9.17, 15) is 48.4 Å². The van der Waals surface area contributed by atoms with E-state index in [0.717, 1.165) is 6.92 Å². The first kappa shape index (κ1) is 24.0. The van der Waals surface area contributed by atoms with Crippen LogP contribution in [-0.4, -0.2) is 62.7 Å². The molecule has 0 aromatic heterocycles. The van der Waals surface area contributed by atoms with Crippen molar-refractivity contribution in [3.05, 3.63) is 45.3 Å². The minimum atomic E-state index is -5.80. The zero-order valence-electron chi connectivity index (χ0n) is 15.5. The molecule has 1 atom stereocenters. The molecular weight excluding hydrogens is 496 g/mol. The molecule has 0 aromatic carbocycles. The first-order valence-electron chi connectivity index (χ1n) is 8.26. The van der Waals surface area contributed by atoms with Gasteiger partial charge in [0.25, 0.3) is 9.84 Å². The molecule has 0 spiro atoms. The highest BCUT2D eigenvalue weighted by Crippen LogP contribution is 2.39. The van der Waals surface area contributed by atoms with Gasteiger partial charge in [-0.25, -0.2) is 31.9 Å². The smallest absolute Gasteiger partial charge is 0.444 e. The van der Waals surface area contributed by atoms with Gasteiger partial charge >= 0.3 is 11.7 Å². The molecule has 0 saturated carbocycles. The molecular formula is C15H11F6N3O6S2. The van der Waals surface area contributed by atoms with Crippen LogP contribution in [0, 0.1) is 0 Å². The van der Waals surface area contributed by atoms with Crippen molar-refractivity contribution in [3.63, 3.8) is 0 Å². The van der Waals surface area contributed by atoms with Crippen molar-refractivity contribution < 1.29 is 53.1 Å². The van der Waals surface area contributed by atoms with Crippen LogP contribution in [0.1, 0.15) is 6.92 Å². The summed E-state index contributed by atoms with van der Waals surface area (Å²) in [5.74, 6) is -1.48. The third-order valence-corrected chi connectivity index (χ3v) is 7.40. The van der Waals surface area contributed by atoms with E-state index in [2.05, 4.69) is 9.98 Å². The first-order valence-corrected chi connectivity index (χ1v) is 11.4. The summed E-state index contributed by atoms with van der Waals surface area (Å²) in [4.78, 5) is 4.81. The van der Waals surface area contributed by atoms with E-state index in [-0.39, 0.29) is 17.3 Å². The number of fused-ring (bicyclic) bond motifs is 1. The summed E-state index contributed by atoms with van der Waals surface area (Å²) < 4.78 is 130. The lowest BCUT2D eigenvalue weighted by molar-refractivity contribution is -0.0944. The molecule has 0 bridgehead atoms. The van der Waals surface area contributed by atoms with E-state index < -0.39 is 76.0 Å². The number of alkyl halides is 6. The Balaban J connectivity index is 2.16. The summed E-state index contributed by atoms with van der Waals surface area (Å²) in [5, 5.41) is 9.85. The normalized spacial score (nSPS) is 24.4. The molecule has 0 radical (unpaired) electrons. The molecule has 3 aliphatic heterocycles. The van der Waals surface area contributed by atoms with E-state index in [4.69, 9.17) is 4.74 Å². The second-order valence-electron chi connectivity index (χ2n) is 6.27. The topological polar surface area (TPSA) is 126 Å². The van der Waals surface area contributed by atoms with Crippen molar-refractivity contribution in [2.24, 2.45) is 9.98 Å². The summed E-state index contributed by atoms with van der Waals surface area (Å²) in [6.45, 7) is 1.12. The van der Waals surface area contributed by atoms with Crippen LogP contribution in [0.4, 0.5) is 26.3 Å². The lowest BCUT2D eigenvalue weighted by Crippen LogP contribution is -2.29. The number of dihydropyridines is 1. The molecule has 176 valence electrons. The van der Waals surface area contributed by atoms with Crippen molar-refractivity contribution in [1.82, 2.24) is 5.06 Å². The minimum Gasteiger partial charge on any atom is -0.444 e. The number of hydrogen-bond acceptors (Lipinski definition) is 9. The number of sulfone groups is 2. The summed E-state index contributed by atoms with van der Waals surface area (Å²) in [6, 6.07) is 0. The summed E-state index contributed by atoms with van der Waals surface area (Å²) in [6.07, 6.45) is -5.36. The van der Waals surface area contributed by atoms with Crippen molar-refractivity contribution in [1.29, 1.82) is 0 Å². The van der Waals surface area contributed by atoms with Gasteiger partial charge in [0, 0.05) is 12.4 Å². The number of halogens is 6. The molecule has 3 aliphatic rings. The molecule has 1 N–H and O–H groups in total. The lowest BCUT2D eigenvalue weighted by atomic mass is 10.2. The van der Waals surface area contributed by atoms with Gasteiger partial charge in [-0.1, -0.05) is 6.92 Å². The zero-order chi connectivity index (χ0) is 24.3. The molecule has 9 nitrogen and oxygen atoms in total. The van der Waals surface area contributed by atoms with Crippen molar-refractivity contribution >= 4 is 31.6 Å². The Morgan fingerprint density at radius 3 is 2.28 bits per heavy atom. The van der Waals surface area contributed by atoms with Crippen LogP contribution in [0.3, 0.4) is 0 Å². The van der Waals surface area contributed by atoms with Crippen LogP contribution in [-0.2, 0) is 24.4 Å². The fourth-order valence-electron chi connectivity index (χ4n) is 2.60. The van der Waals surface area contributed by atoms with Crippen LogP contribution < -0.4 is 0 Å². The number of ether oxygens (including phenoxy) is 1. The molecule has 0 fully saturated rings. The molecule has 3 rings (SSSR count). The highest BCUT2D eigenvalue weighted by atomic mass is 32.2. The van der Waals surface area contributed by atoms with Gasteiger partial charge < -0.3 is 4.74 Å². The number of nitrogens with zero attached hydrogens (tertiary/aromatic N) is 3. The molecule has 0 aromatic rings. The molecule has 0 saturated heterocycles. The average molecular weight is 507 g/mol. The van der Waals surface area contributed by atoms with E-state index in [0.29, 0.717) is 12.3 Å². The SMILES string of the molecule is CCS(=O)(=O)C1=CC(C(F)(F)F)=CN(O)C1=C1N=C2C=C(S(=O)(=O)C(F)(F)F)C=NC2O1. The summed E-state index contributed by atoms with van der Waals surface area (Å²) >= 11 is 0. The predicted octanol–water partition coefficient (Wildman–Crippen LogP) is 2.33. The number of allylic oxidation sites excluding steroid dienone is 3. The average Bonchev–Trinajstić information content (AvgIpc) is 3.08. The Bertz CT molecular complexity index is 1250. The second-order valence-corrected chi connectivity index (χ2v) is 10.5. The van der Waals surface area contributed by atoms with E-state index in [1.807, 2.05) is 0 Å². The van der Waals surface area contributed by atoms with Gasteiger partial charge in [-0.15, -0.1) is 0 Å². The Morgan fingerprint density at radius 2 is 1.75 bits per heavy atom. The molecule has 17 heteroatoms. The second kappa shape index (κ2) is 7.45. The fraction of sp³-hybridized carbons (Fsp3) is 0.333. The maximum atomic E-state index is 13.1. The van der Waals surface area contributed by atoms with Crippen molar-refractivity contribution in [2.45, 2.75) is 24.8 Å². The minimum absolute atomic E-state index is 0.140. The molecule has 32 heavy (non-hydrogen) atoms. The Hall–Kier alpha value is -2.66. The van der Waals surface area contributed by atoms with Crippen LogP contribution in [0.5, 0.6) is 0 Å². The number of aliphatic imine (C=N–C) groups is 2. The lowest BCUT2D eigenvalue weighted by Gasteiger charge is -2.25. The van der Waals surface area contributed by atoms with Gasteiger partial charge in [0.2, 0.25) is 12.1 Å². The van der Waals surface area contributed by atoms with Crippen LogP contribution in [0.2, 0.25) is 0 Å². The fourth-order valence-corrected chi connectivity index (χ4v) is 4.43. The van der Waals surface area contributed by atoms with Crippen molar-refractivity contribution in [2.75, 3.05) is 5.75 Å². The van der Waals surface area contributed by atoms with Crippen LogP contribution >= 0.6 is 0 Å². The van der Waals surface area contributed by atoms with Gasteiger partial charge in [0.1, 0.15) is 11.4 Å². The number of hydroxylamine groups is 2. The largest absolute Gasteiger partial charge is 0.501 e. The molecule has 1 unspecified atom stereocenters. The highest BCUT2D eigenvalue weighted by Gasteiger charge is 2.49. The van der Waals surface area contributed by atoms with Crippen LogP contribution in [0.25, 0.3) is 0 Å². The van der Waals surface area contributed by atoms with Gasteiger partial charge in [-0.05, 0) is 12.2 Å². The maximum Gasteiger partial charge on any atom is 0.501 e. The molecule has 3 heterocycles. The maximum absolute atomic E-state index is 13.1. The zero-order valence-corrected chi connectivity index (χ0v) is 17.1. The van der Waals surface area contributed by atoms with Gasteiger partial charge in [0.05, 0.1) is 21.1 Å². The Morgan fingerprint density at radius 1 is 1.12 bits per heavy atom. The quantitative estimate of drug-likeness (QED) is 0.581. The van der Waals surface area contributed by atoms with E-state index in [1.165, 1.54) is 0 Å². The standard InChI is InChI=1S/C15H11F6N3O6S2/c1-2-31(26,27)10-3-7(14(16,17)18)6-24(25)11(10)13-23-9-4-8(5-22-12(9)30-13)32(28,29)15(19,20)21/h3-6,12,25H,2H2,1H3. The third kappa shape index (κ3) is 4.06.